The lowest BCUT2D eigenvalue weighted by atomic mass is 10.0. The number of methoxy groups -OCH3 is 1. The van der Waals surface area contributed by atoms with E-state index >= 15 is 0 Å². The average Bonchev–Trinajstić information content (AvgIpc) is 3.24. The predicted molar refractivity (Wildman–Crippen MR) is 130 cm³/mol. The van der Waals surface area contributed by atoms with Gasteiger partial charge in [0.2, 0.25) is 0 Å². The Bertz CT molecular complexity index is 1200. The van der Waals surface area contributed by atoms with Crippen LogP contribution in [0, 0.1) is 5.82 Å². The number of piperazine rings is 1. The van der Waals surface area contributed by atoms with E-state index in [-0.39, 0.29) is 11.9 Å². The van der Waals surface area contributed by atoms with Crippen molar-refractivity contribution < 1.29 is 23.8 Å². The summed E-state index contributed by atoms with van der Waals surface area (Å²) in [4.78, 5) is 22.7. The first-order chi connectivity index (χ1) is 17.0. The zero-order chi connectivity index (χ0) is 24.4. The fourth-order valence-electron chi connectivity index (χ4n) is 4.82. The van der Waals surface area contributed by atoms with E-state index in [0.29, 0.717) is 25.3 Å². The van der Waals surface area contributed by atoms with Gasteiger partial charge in [0.05, 0.1) is 31.0 Å². The number of hydrogen-bond acceptors (Lipinski definition) is 7. The molecule has 2 aromatic carbocycles. The van der Waals surface area contributed by atoms with Crippen LogP contribution in [0.3, 0.4) is 0 Å². The van der Waals surface area contributed by atoms with Gasteiger partial charge in [0.25, 0.3) is 0 Å². The first kappa shape index (κ1) is 23.5. The Balaban J connectivity index is 1.14. The lowest BCUT2D eigenvalue weighted by molar-refractivity contribution is 0.0525. The molecule has 35 heavy (non-hydrogen) atoms. The number of β-amino-alcohol motifs (C(OH)–C–C–N with tert-alkyl or cyclic N) is 1. The summed E-state index contributed by atoms with van der Waals surface area (Å²) in [5, 5.41) is 11.9. The van der Waals surface area contributed by atoms with Crippen molar-refractivity contribution in [2.75, 3.05) is 57.8 Å². The van der Waals surface area contributed by atoms with Gasteiger partial charge in [0.1, 0.15) is 17.7 Å². The summed E-state index contributed by atoms with van der Waals surface area (Å²) >= 11 is 0. The number of cyclic esters (lactones) is 1. The maximum atomic E-state index is 13.5. The molecule has 0 bridgehead atoms. The van der Waals surface area contributed by atoms with Gasteiger partial charge in [-0.15, -0.1) is 0 Å². The first-order valence-electron chi connectivity index (χ1n) is 11.8. The number of aromatic nitrogens is 1. The van der Waals surface area contributed by atoms with Crippen LogP contribution in [0.1, 0.15) is 11.7 Å². The van der Waals surface area contributed by atoms with Crippen molar-refractivity contribution in [1.82, 2.24) is 14.8 Å². The van der Waals surface area contributed by atoms with Crippen LogP contribution in [0.5, 0.6) is 5.75 Å². The Morgan fingerprint density at radius 3 is 2.71 bits per heavy atom. The second kappa shape index (κ2) is 10.2. The minimum Gasteiger partial charge on any atom is -0.497 e. The number of anilines is 1. The van der Waals surface area contributed by atoms with E-state index in [4.69, 9.17) is 9.47 Å². The molecule has 1 amide bonds. The van der Waals surface area contributed by atoms with Gasteiger partial charge >= 0.3 is 6.09 Å². The normalized spacial score (nSPS) is 20.3. The Kier molecular flexibility index (Phi) is 6.81. The molecule has 9 heteroatoms. The number of hydrogen-bond donors (Lipinski definition) is 1. The summed E-state index contributed by atoms with van der Waals surface area (Å²) in [6, 6.07) is 13.5. The molecule has 2 fully saturated rings. The van der Waals surface area contributed by atoms with Gasteiger partial charge in [-0.2, -0.15) is 0 Å². The minimum atomic E-state index is -0.644. The molecule has 2 aliphatic heterocycles. The third kappa shape index (κ3) is 5.22. The Morgan fingerprint density at radius 2 is 1.94 bits per heavy atom. The highest BCUT2D eigenvalue weighted by Gasteiger charge is 2.34. The quantitative estimate of drug-likeness (QED) is 0.557. The number of ether oxygens (including phenoxy) is 2. The lowest BCUT2D eigenvalue weighted by Crippen LogP contribution is -2.49. The summed E-state index contributed by atoms with van der Waals surface area (Å²) in [6.45, 7) is 4.78. The van der Waals surface area contributed by atoms with Crippen LogP contribution in [-0.2, 0) is 4.74 Å². The van der Waals surface area contributed by atoms with Crippen LogP contribution >= 0.6 is 0 Å². The third-order valence-corrected chi connectivity index (χ3v) is 6.69. The van der Waals surface area contributed by atoms with Crippen LogP contribution < -0.4 is 9.64 Å². The minimum absolute atomic E-state index is 0.263. The number of nitrogens with zero attached hydrogens (tertiary/aromatic N) is 4. The summed E-state index contributed by atoms with van der Waals surface area (Å²) in [7, 11) is 1.62. The molecule has 5 rings (SSSR count). The van der Waals surface area contributed by atoms with Gasteiger partial charge in [-0.1, -0.05) is 6.07 Å². The number of benzene rings is 2. The number of pyridine rings is 1. The van der Waals surface area contributed by atoms with Gasteiger partial charge < -0.3 is 14.6 Å². The standard InChI is InChI=1S/C26H29FN4O4/c1-34-20-5-6-24-23(14-20)22(7-8-28-24)25(32)17-30-11-9-29(10-12-30)15-21-16-31(26(33)35-21)19-4-2-3-18(27)13-19/h2-8,13-14,21,25,32H,9-12,15-17H2,1H3/t21?,25-/m0/s1. The van der Waals surface area contributed by atoms with E-state index in [9.17, 15) is 14.3 Å². The molecule has 1 N–H and O–H groups in total. The van der Waals surface area contributed by atoms with E-state index in [1.807, 2.05) is 24.3 Å². The molecule has 2 aliphatic rings. The van der Waals surface area contributed by atoms with E-state index in [0.717, 1.165) is 48.4 Å². The molecule has 3 heterocycles. The van der Waals surface area contributed by atoms with Gasteiger partial charge in [0.15, 0.2) is 0 Å². The van der Waals surface area contributed by atoms with Crippen LogP contribution in [0.4, 0.5) is 14.9 Å². The van der Waals surface area contributed by atoms with Crippen LogP contribution in [0.15, 0.2) is 54.7 Å². The van der Waals surface area contributed by atoms with Crippen molar-refractivity contribution in [1.29, 1.82) is 0 Å². The van der Waals surface area contributed by atoms with Crippen molar-refractivity contribution >= 4 is 22.7 Å². The molecule has 0 saturated carbocycles. The fourth-order valence-corrected chi connectivity index (χ4v) is 4.82. The van der Waals surface area contributed by atoms with E-state index in [1.54, 1.807) is 25.4 Å². The van der Waals surface area contributed by atoms with E-state index < -0.39 is 12.2 Å². The highest BCUT2D eigenvalue weighted by molar-refractivity contribution is 5.89. The van der Waals surface area contributed by atoms with Crippen LogP contribution in [0.2, 0.25) is 0 Å². The molecule has 184 valence electrons. The molecule has 8 nitrogen and oxygen atoms in total. The van der Waals surface area contributed by atoms with Crippen molar-refractivity contribution in [3.05, 3.63) is 66.1 Å². The van der Waals surface area contributed by atoms with Crippen LogP contribution in [-0.4, -0.2) is 85.0 Å². The zero-order valence-corrected chi connectivity index (χ0v) is 19.6. The van der Waals surface area contributed by atoms with Gasteiger partial charge in [-0.3, -0.25) is 19.7 Å². The monoisotopic (exact) mass is 480 g/mol. The molecule has 2 saturated heterocycles. The van der Waals surface area contributed by atoms with Crippen molar-refractivity contribution in [2.24, 2.45) is 0 Å². The largest absolute Gasteiger partial charge is 0.497 e. The second-order valence-corrected chi connectivity index (χ2v) is 9.00. The predicted octanol–water partition coefficient (Wildman–Crippen LogP) is 3.06. The maximum Gasteiger partial charge on any atom is 0.414 e. The zero-order valence-electron chi connectivity index (χ0n) is 19.6. The highest BCUT2D eigenvalue weighted by Crippen LogP contribution is 2.28. The SMILES string of the molecule is COc1ccc2nccc([C@@H](O)CN3CCN(CC4CN(c5cccc(F)c5)C(=O)O4)CC3)c2c1. The van der Waals surface area contributed by atoms with Crippen LogP contribution in [0.25, 0.3) is 10.9 Å². The number of carbonyl (C=O) groups excluding carboxylic acids is 1. The maximum absolute atomic E-state index is 13.5. The topological polar surface area (TPSA) is 78.4 Å². The van der Waals surface area contributed by atoms with Crippen molar-refractivity contribution in [3.8, 4) is 5.75 Å². The molecular formula is C26H29FN4O4. The highest BCUT2D eigenvalue weighted by atomic mass is 19.1. The molecule has 1 unspecified atom stereocenters. The number of carbonyl (C=O) groups is 1. The lowest BCUT2D eigenvalue weighted by Gasteiger charge is -2.36. The summed E-state index contributed by atoms with van der Waals surface area (Å²) in [6.07, 6.45) is 0.376. The molecule has 1 aromatic heterocycles. The van der Waals surface area contributed by atoms with Gasteiger partial charge in [-0.25, -0.2) is 9.18 Å². The van der Waals surface area contributed by atoms with Crippen molar-refractivity contribution in [3.63, 3.8) is 0 Å². The average molecular weight is 481 g/mol. The summed E-state index contributed by atoms with van der Waals surface area (Å²) in [5.74, 6) is 0.354. The number of fused-ring (bicyclic) bond motifs is 1. The van der Waals surface area contributed by atoms with E-state index in [2.05, 4.69) is 14.8 Å². The smallest absolute Gasteiger partial charge is 0.414 e. The number of amides is 1. The number of aliphatic hydroxyl groups excluding tert-OH is 1. The van der Waals surface area contributed by atoms with Gasteiger partial charge in [0, 0.05) is 50.9 Å². The Morgan fingerprint density at radius 1 is 1.14 bits per heavy atom. The number of halogens is 1. The molecule has 0 spiro atoms. The number of rotatable bonds is 7. The summed E-state index contributed by atoms with van der Waals surface area (Å²) in [5.41, 5.74) is 2.18. The van der Waals surface area contributed by atoms with Crippen molar-refractivity contribution in [2.45, 2.75) is 12.2 Å². The molecule has 0 aliphatic carbocycles. The first-order valence-corrected chi connectivity index (χ1v) is 11.8. The molecular weight excluding hydrogens is 451 g/mol. The second-order valence-electron chi connectivity index (χ2n) is 9.00. The van der Waals surface area contributed by atoms with Gasteiger partial charge in [-0.05, 0) is 48.0 Å². The number of aliphatic hydroxyl groups is 1. The summed E-state index contributed by atoms with van der Waals surface area (Å²) < 4.78 is 24.4. The Labute approximate surface area is 203 Å². The molecule has 3 aromatic rings. The molecule has 2 atom stereocenters. The fraction of sp³-hybridized carbons (Fsp3) is 0.385. The van der Waals surface area contributed by atoms with E-state index in [1.165, 1.54) is 17.0 Å². The molecule has 0 radical (unpaired) electrons. The third-order valence-electron chi connectivity index (χ3n) is 6.69. The Hall–Kier alpha value is -3.27.